The second-order valence-corrected chi connectivity index (χ2v) is 3.44. The fourth-order valence-corrected chi connectivity index (χ4v) is 1.33. The lowest BCUT2D eigenvalue weighted by atomic mass is 10.1. The molecule has 0 saturated carbocycles. The molecule has 0 aliphatic rings. The topological polar surface area (TPSA) is 50.1 Å². The van der Waals surface area contributed by atoms with Gasteiger partial charge in [0.15, 0.2) is 0 Å². The molecule has 0 heterocycles. The SMILES string of the molecule is CC=CCCCCCCCC(=O)OC#N. The third-order valence-electron chi connectivity index (χ3n) is 2.15. The Morgan fingerprint density at radius 3 is 2.60 bits per heavy atom. The van der Waals surface area contributed by atoms with E-state index in [0.717, 1.165) is 25.7 Å². The van der Waals surface area contributed by atoms with E-state index in [-0.39, 0.29) is 0 Å². The molecule has 3 nitrogen and oxygen atoms in total. The van der Waals surface area contributed by atoms with Crippen LogP contribution in [0.1, 0.15) is 51.9 Å². The standard InChI is InChI=1S/C12H19NO2/c1-2-3-4-5-6-7-8-9-10-12(14)15-11-13/h2-3H,4-10H2,1H3. The van der Waals surface area contributed by atoms with Crippen molar-refractivity contribution in [2.45, 2.75) is 51.9 Å². The summed E-state index contributed by atoms with van der Waals surface area (Å²) >= 11 is 0. The normalized spacial score (nSPS) is 10.1. The molecular formula is C12H19NO2. The van der Waals surface area contributed by atoms with Gasteiger partial charge in [0.1, 0.15) is 0 Å². The fraction of sp³-hybridized carbons (Fsp3) is 0.667. The van der Waals surface area contributed by atoms with Gasteiger partial charge in [0.2, 0.25) is 0 Å². The van der Waals surface area contributed by atoms with Crippen molar-refractivity contribution in [1.29, 1.82) is 5.26 Å². The van der Waals surface area contributed by atoms with Crippen LogP contribution in [0.2, 0.25) is 0 Å². The maximum atomic E-state index is 10.8. The number of hydrogen-bond acceptors (Lipinski definition) is 3. The predicted molar refractivity (Wildman–Crippen MR) is 58.8 cm³/mol. The Labute approximate surface area is 91.7 Å². The van der Waals surface area contributed by atoms with Crippen molar-refractivity contribution in [3.05, 3.63) is 12.2 Å². The molecule has 3 heteroatoms. The zero-order valence-electron chi connectivity index (χ0n) is 9.37. The number of nitriles is 1. The van der Waals surface area contributed by atoms with Gasteiger partial charge in [-0.25, -0.2) is 0 Å². The highest BCUT2D eigenvalue weighted by Gasteiger charge is 2.00. The zero-order valence-corrected chi connectivity index (χ0v) is 9.37. The Morgan fingerprint density at radius 1 is 1.27 bits per heavy atom. The zero-order chi connectivity index (χ0) is 11.4. The highest BCUT2D eigenvalue weighted by Crippen LogP contribution is 2.07. The first-order valence-electron chi connectivity index (χ1n) is 5.51. The van der Waals surface area contributed by atoms with Gasteiger partial charge in [-0.1, -0.05) is 31.4 Å². The van der Waals surface area contributed by atoms with Crippen LogP contribution in [0.15, 0.2) is 12.2 Å². The molecule has 0 N–H and O–H groups in total. The molecule has 0 fully saturated rings. The van der Waals surface area contributed by atoms with Gasteiger partial charge in [0.25, 0.3) is 6.26 Å². The van der Waals surface area contributed by atoms with E-state index in [4.69, 9.17) is 5.26 Å². The number of ether oxygens (including phenoxy) is 1. The summed E-state index contributed by atoms with van der Waals surface area (Å²) in [6.45, 7) is 2.03. The van der Waals surface area contributed by atoms with Crippen molar-refractivity contribution in [3.63, 3.8) is 0 Å². The molecule has 0 amide bonds. The van der Waals surface area contributed by atoms with Crippen molar-refractivity contribution in [2.24, 2.45) is 0 Å². The number of unbranched alkanes of at least 4 members (excludes halogenated alkanes) is 5. The average Bonchev–Trinajstić information content (AvgIpc) is 2.22. The summed E-state index contributed by atoms with van der Waals surface area (Å²) in [7, 11) is 0. The summed E-state index contributed by atoms with van der Waals surface area (Å²) in [5.41, 5.74) is 0. The number of allylic oxidation sites excluding steroid dienone is 2. The summed E-state index contributed by atoms with van der Waals surface area (Å²) < 4.78 is 4.16. The first kappa shape index (κ1) is 13.7. The average molecular weight is 209 g/mol. The van der Waals surface area contributed by atoms with E-state index in [1.807, 2.05) is 6.92 Å². The third kappa shape index (κ3) is 10.6. The first-order valence-corrected chi connectivity index (χ1v) is 5.51. The van der Waals surface area contributed by atoms with E-state index in [1.54, 1.807) is 0 Å². The van der Waals surface area contributed by atoms with E-state index in [1.165, 1.54) is 19.1 Å². The van der Waals surface area contributed by atoms with Gasteiger partial charge in [0.05, 0.1) is 0 Å². The van der Waals surface area contributed by atoms with Crippen LogP contribution in [-0.4, -0.2) is 5.97 Å². The smallest absolute Gasteiger partial charge is 0.321 e. The Balaban J connectivity index is 3.12. The van der Waals surface area contributed by atoms with Crippen LogP contribution >= 0.6 is 0 Å². The molecule has 0 bridgehead atoms. The summed E-state index contributed by atoms with van der Waals surface area (Å²) in [5.74, 6) is -0.411. The lowest BCUT2D eigenvalue weighted by molar-refractivity contribution is -0.137. The second kappa shape index (κ2) is 10.8. The summed E-state index contributed by atoms with van der Waals surface area (Å²) in [5, 5.41) is 8.06. The van der Waals surface area contributed by atoms with E-state index in [2.05, 4.69) is 16.9 Å². The summed E-state index contributed by atoms with van der Waals surface area (Å²) in [6.07, 6.45) is 12.6. The highest BCUT2D eigenvalue weighted by molar-refractivity contribution is 5.70. The first-order chi connectivity index (χ1) is 7.31. The molecule has 84 valence electrons. The molecule has 0 unspecified atom stereocenters. The number of hydrogen-bond donors (Lipinski definition) is 0. The lowest BCUT2D eigenvalue weighted by Gasteiger charge is -1.98. The molecule has 0 rings (SSSR count). The van der Waals surface area contributed by atoms with Crippen LogP contribution < -0.4 is 0 Å². The monoisotopic (exact) mass is 209 g/mol. The molecule has 0 aromatic rings. The number of carbonyl (C=O) groups excluding carboxylic acids is 1. The van der Waals surface area contributed by atoms with Gasteiger partial charge in [-0.3, -0.25) is 4.79 Å². The Morgan fingerprint density at radius 2 is 1.93 bits per heavy atom. The maximum Gasteiger partial charge on any atom is 0.321 e. The van der Waals surface area contributed by atoms with Crippen LogP contribution in [0, 0.1) is 11.5 Å². The van der Waals surface area contributed by atoms with Gasteiger partial charge >= 0.3 is 5.97 Å². The largest absolute Gasteiger partial charge is 0.351 e. The van der Waals surface area contributed by atoms with E-state index < -0.39 is 5.97 Å². The molecule has 0 aliphatic heterocycles. The molecule has 0 saturated heterocycles. The Bertz CT molecular complexity index is 228. The van der Waals surface area contributed by atoms with E-state index >= 15 is 0 Å². The van der Waals surface area contributed by atoms with Crippen LogP contribution in [-0.2, 0) is 9.53 Å². The van der Waals surface area contributed by atoms with Gasteiger partial charge in [-0.2, -0.15) is 0 Å². The fourth-order valence-electron chi connectivity index (χ4n) is 1.33. The molecule has 0 aromatic heterocycles. The van der Waals surface area contributed by atoms with E-state index in [9.17, 15) is 4.79 Å². The summed E-state index contributed by atoms with van der Waals surface area (Å²) in [4.78, 5) is 10.8. The molecule has 0 radical (unpaired) electrons. The van der Waals surface area contributed by atoms with Crippen LogP contribution in [0.3, 0.4) is 0 Å². The minimum Gasteiger partial charge on any atom is -0.351 e. The number of carbonyl (C=O) groups is 1. The Hall–Kier alpha value is -1.30. The second-order valence-electron chi connectivity index (χ2n) is 3.44. The third-order valence-corrected chi connectivity index (χ3v) is 2.15. The lowest BCUT2D eigenvalue weighted by Crippen LogP contribution is -1.98. The van der Waals surface area contributed by atoms with Crippen molar-refractivity contribution in [3.8, 4) is 6.26 Å². The van der Waals surface area contributed by atoms with Crippen molar-refractivity contribution < 1.29 is 9.53 Å². The molecule has 15 heavy (non-hydrogen) atoms. The molecule has 0 aliphatic carbocycles. The molecular weight excluding hydrogens is 190 g/mol. The van der Waals surface area contributed by atoms with E-state index in [0.29, 0.717) is 6.42 Å². The number of esters is 1. The van der Waals surface area contributed by atoms with Gasteiger partial charge in [-0.05, 0) is 26.2 Å². The van der Waals surface area contributed by atoms with Crippen LogP contribution in [0.25, 0.3) is 0 Å². The van der Waals surface area contributed by atoms with Gasteiger partial charge in [0, 0.05) is 6.42 Å². The molecule has 0 atom stereocenters. The predicted octanol–water partition coefficient (Wildman–Crippen LogP) is 3.32. The number of nitrogens with zero attached hydrogens (tertiary/aromatic N) is 1. The van der Waals surface area contributed by atoms with Crippen LogP contribution in [0.5, 0.6) is 0 Å². The minimum absolute atomic E-state index is 0.364. The van der Waals surface area contributed by atoms with Gasteiger partial charge < -0.3 is 4.74 Å². The number of rotatable bonds is 8. The summed E-state index contributed by atoms with van der Waals surface area (Å²) in [6, 6.07) is 0. The molecule has 0 aromatic carbocycles. The maximum absolute atomic E-state index is 10.8. The quantitative estimate of drug-likeness (QED) is 0.267. The Kier molecular flexibility index (Phi) is 9.84. The van der Waals surface area contributed by atoms with Crippen LogP contribution in [0.4, 0.5) is 0 Å². The highest BCUT2D eigenvalue weighted by atomic mass is 16.5. The van der Waals surface area contributed by atoms with Crippen molar-refractivity contribution in [1.82, 2.24) is 0 Å². The van der Waals surface area contributed by atoms with Crippen molar-refractivity contribution in [2.75, 3.05) is 0 Å². The minimum atomic E-state index is -0.411. The molecule has 0 spiro atoms. The van der Waals surface area contributed by atoms with Gasteiger partial charge in [-0.15, -0.1) is 5.26 Å². The van der Waals surface area contributed by atoms with Crippen molar-refractivity contribution >= 4 is 5.97 Å².